The minimum Gasteiger partial charge on any atom is -0.481 e. The van der Waals surface area contributed by atoms with Gasteiger partial charge in [-0.2, -0.15) is 0 Å². The molecule has 0 aliphatic carbocycles. The molecule has 5 nitrogen and oxygen atoms in total. The summed E-state index contributed by atoms with van der Waals surface area (Å²) in [6, 6.07) is 0. The van der Waals surface area contributed by atoms with E-state index in [1.165, 1.54) is 6.33 Å². The Morgan fingerprint density at radius 3 is 2.80 bits per heavy atom. The average molecular weight is 209 g/mol. The summed E-state index contributed by atoms with van der Waals surface area (Å²) < 4.78 is 0. The molecule has 0 saturated carbocycles. The van der Waals surface area contributed by atoms with Gasteiger partial charge in [0.15, 0.2) is 0 Å². The van der Waals surface area contributed by atoms with Gasteiger partial charge in [0.1, 0.15) is 12.1 Å². The van der Waals surface area contributed by atoms with Crippen LogP contribution in [-0.4, -0.2) is 35.1 Å². The van der Waals surface area contributed by atoms with Crippen molar-refractivity contribution in [1.29, 1.82) is 0 Å². The molecule has 1 atom stereocenters. The summed E-state index contributed by atoms with van der Waals surface area (Å²) in [4.78, 5) is 20.6. The van der Waals surface area contributed by atoms with E-state index in [1.54, 1.807) is 13.1 Å². The second-order valence-electron chi connectivity index (χ2n) is 3.71. The Kier molecular flexibility index (Phi) is 3.60. The van der Waals surface area contributed by atoms with Crippen LogP contribution in [-0.2, 0) is 11.2 Å². The lowest BCUT2D eigenvalue weighted by atomic mass is 10.0. The van der Waals surface area contributed by atoms with Gasteiger partial charge in [-0.15, -0.1) is 0 Å². The Morgan fingerprint density at radius 2 is 2.27 bits per heavy atom. The summed E-state index contributed by atoms with van der Waals surface area (Å²) in [7, 11) is 3.74. The molecule has 82 valence electrons. The summed E-state index contributed by atoms with van der Waals surface area (Å²) in [6.07, 6.45) is 3.58. The first-order valence-electron chi connectivity index (χ1n) is 4.71. The Hall–Kier alpha value is -1.65. The highest BCUT2D eigenvalue weighted by Gasteiger charge is 2.15. The minimum absolute atomic E-state index is 0.422. The lowest BCUT2D eigenvalue weighted by Gasteiger charge is -2.16. The van der Waals surface area contributed by atoms with E-state index in [1.807, 2.05) is 19.0 Å². The number of aliphatic carboxylic acids is 1. The van der Waals surface area contributed by atoms with Crippen molar-refractivity contribution in [2.45, 2.75) is 13.3 Å². The van der Waals surface area contributed by atoms with Gasteiger partial charge in [-0.05, 0) is 6.42 Å². The van der Waals surface area contributed by atoms with E-state index in [0.717, 1.165) is 11.4 Å². The van der Waals surface area contributed by atoms with E-state index < -0.39 is 11.9 Å². The van der Waals surface area contributed by atoms with Crippen molar-refractivity contribution in [2.75, 3.05) is 19.0 Å². The molecule has 5 heteroatoms. The molecule has 0 aromatic carbocycles. The van der Waals surface area contributed by atoms with Crippen LogP contribution < -0.4 is 4.90 Å². The Morgan fingerprint density at radius 1 is 1.60 bits per heavy atom. The SMILES string of the molecule is CC(Cc1cncnc1N(C)C)C(=O)O. The van der Waals surface area contributed by atoms with Crippen LogP contribution in [0.4, 0.5) is 5.82 Å². The number of nitrogens with zero attached hydrogens (tertiary/aromatic N) is 3. The van der Waals surface area contributed by atoms with Crippen LogP contribution in [0.1, 0.15) is 12.5 Å². The number of hydrogen-bond donors (Lipinski definition) is 1. The first-order chi connectivity index (χ1) is 7.02. The quantitative estimate of drug-likeness (QED) is 0.794. The molecular weight excluding hydrogens is 194 g/mol. The number of hydrogen-bond acceptors (Lipinski definition) is 4. The maximum Gasteiger partial charge on any atom is 0.306 e. The van der Waals surface area contributed by atoms with E-state index in [-0.39, 0.29) is 0 Å². The second kappa shape index (κ2) is 4.72. The summed E-state index contributed by atoms with van der Waals surface area (Å²) >= 11 is 0. The Labute approximate surface area is 88.8 Å². The van der Waals surface area contributed by atoms with E-state index >= 15 is 0 Å². The van der Waals surface area contributed by atoms with E-state index in [2.05, 4.69) is 9.97 Å². The third-order valence-corrected chi connectivity index (χ3v) is 2.14. The highest BCUT2D eigenvalue weighted by atomic mass is 16.4. The fraction of sp³-hybridized carbons (Fsp3) is 0.500. The Bertz CT molecular complexity index is 352. The van der Waals surface area contributed by atoms with E-state index in [9.17, 15) is 4.79 Å². The first-order valence-corrected chi connectivity index (χ1v) is 4.71. The zero-order valence-electron chi connectivity index (χ0n) is 9.14. The highest BCUT2D eigenvalue weighted by Crippen LogP contribution is 2.17. The average Bonchev–Trinajstić information content (AvgIpc) is 2.18. The predicted molar refractivity (Wildman–Crippen MR) is 56.9 cm³/mol. The number of carboxylic acid groups (broad SMARTS) is 1. The molecule has 1 aromatic heterocycles. The van der Waals surface area contributed by atoms with Gasteiger partial charge >= 0.3 is 5.97 Å². The maximum atomic E-state index is 10.7. The van der Waals surface area contributed by atoms with Crippen molar-refractivity contribution in [2.24, 2.45) is 5.92 Å². The van der Waals surface area contributed by atoms with Gasteiger partial charge in [-0.25, -0.2) is 9.97 Å². The van der Waals surface area contributed by atoms with Gasteiger partial charge in [-0.1, -0.05) is 6.92 Å². The minimum atomic E-state index is -0.802. The molecule has 1 N–H and O–H groups in total. The van der Waals surface area contributed by atoms with Gasteiger partial charge in [0.2, 0.25) is 0 Å². The topological polar surface area (TPSA) is 66.3 Å². The molecule has 1 unspecified atom stereocenters. The molecule has 0 spiro atoms. The lowest BCUT2D eigenvalue weighted by Crippen LogP contribution is -2.17. The molecule has 0 aliphatic heterocycles. The third kappa shape index (κ3) is 2.90. The maximum absolute atomic E-state index is 10.7. The van der Waals surface area contributed by atoms with Crippen LogP contribution in [0.3, 0.4) is 0 Å². The number of rotatable bonds is 4. The molecule has 1 heterocycles. The molecule has 1 aromatic rings. The molecular formula is C10H15N3O2. The van der Waals surface area contributed by atoms with Gasteiger partial charge in [-0.3, -0.25) is 4.79 Å². The smallest absolute Gasteiger partial charge is 0.306 e. The van der Waals surface area contributed by atoms with Crippen molar-refractivity contribution >= 4 is 11.8 Å². The molecule has 15 heavy (non-hydrogen) atoms. The molecule has 0 fully saturated rings. The summed E-state index contributed by atoms with van der Waals surface area (Å²) in [5.41, 5.74) is 0.859. The van der Waals surface area contributed by atoms with Crippen LogP contribution >= 0.6 is 0 Å². The van der Waals surface area contributed by atoms with Crippen LogP contribution in [0.5, 0.6) is 0 Å². The third-order valence-electron chi connectivity index (χ3n) is 2.14. The standard InChI is InChI=1S/C10H15N3O2/c1-7(10(14)15)4-8-5-11-6-12-9(8)13(2)3/h5-7H,4H2,1-3H3,(H,14,15). The van der Waals surface area contributed by atoms with Crippen LogP contribution in [0.25, 0.3) is 0 Å². The first kappa shape index (κ1) is 11.4. The Balaban J connectivity index is 2.89. The summed E-state index contributed by atoms with van der Waals surface area (Å²) in [6.45, 7) is 1.68. The molecule has 1 rings (SSSR count). The van der Waals surface area contributed by atoms with Crippen molar-refractivity contribution in [3.05, 3.63) is 18.1 Å². The van der Waals surface area contributed by atoms with Crippen molar-refractivity contribution in [3.63, 3.8) is 0 Å². The normalized spacial score (nSPS) is 12.2. The van der Waals surface area contributed by atoms with Crippen molar-refractivity contribution in [3.8, 4) is 0 Å². The van der Waals surface area contributed by atoms with Crippen LogP contribution in [0.15, 0.2) is 12.5 Å². The fourth-order valence-electron chi connectivity index (χ4n) is 1.32. The second-order valence-corrected chi connectivity index (χ2v) is 3.71. The largest absolute Gasteiger partial charge is 0.481 e. The van der Waals surface area contributed by atoms with Gasteiger partial charge < -0.3 is 10.0 Å². The summed E-state index contributed by atoms with van der Waals surface area (Å²) in [5.74, 6) is -0.448. The van der Waals surface area contributed by atoms with Gasteiger partial charge in [0.05, 0.1) is 5.92 Å². The van der Waals surface area contributed by atoms with Crippen molar-refractivity contribution in [1.82, 2.24) is 9.97 Å². The van der Waals surface area contributed by atoms with E-state index in [4.69, 9.17) is 5.11 Å². The van der Waals surface area contributed by atoms with Gasteiger partial charge in [0, 0.05) is 25.9 Å². The summed E-state index contributed by atoms with van der Waals surface area (Å²) in [5, 5.41) is 8.82. The van der Waals surface area contributed by atoms with Crippen LogP contribution in [0.2, 0.25) is 0 Å². The zero-order valence-corrected chi connectivity index (χ0v) is 9.14. The number of anilines is 1. The fourth-order valence-corrected chi connectivity index (χ4v) is 1.32. The molecule has 0 saturated heterocycles. The molecule has 0 amide bonds. The van der Waals surface area contributed by atoms with Gasteiger partial charge in [0.25, 0.3) is 0 Å². The molecule has 0 bridgehead atoms. The van der Waals surface area contributed by atoms with Crippen molar-refractivity contribution < 1.29 is 9.90 Å². The number of carboxylic acids is 1. The molecule has 0 radical (unpaired) electrons. The number of aromatic nitrogens is 2. The van der Waals surface area contributed by atoms with Crippen LogP contribution in [0, 0.1) is 5.92 Å². The lowest BCUT2D eigenvalue weighted by molar-refractivity contribution is -0.141. The number of carbonyl (C=O) groups is 1. The monoisotopic (exact) mass is 209 g/mol. The van der Waals surface area contributed by atoms with E-state index in [0.29, 0.717) is 6.42 Å². The highest BCUT2D eigenvalue weighted by molar-refractivity contribution is 5.70. The predicted octanol–water partition coefficient (Wildman–Crippen LogP) is 0.806. The molecule has 0 aliphatic rings. The zero-order chi connectivity index (χ0) is 11.4.